The Bertz CT molecular complexity index is 490. The Labute approximate surface area is 99.7 Å². The Hall–Kier alpha value is -2.22. The van der Waals surface area contributed by atoms with Crippen LogP contribution < -0.4 is 5.01 Å². The molecule has 0 unspecified atom stereocenters. The van der Waals surface area contributed by atoms with Gasteiger partial charge in [0.1, 0.15) is 0 Å². The minimum absolute atomic E-state index is 0.0484. The summed E-state index contributed by atoms with van der Waals surface area (Å²) in [6, 6.07) is 3.21. The van der Waals surface area contributed by atoms with Crippen molar-refractivity contribution in [2.75, 3.05) is 5.01 Å². The molecule has 1 amide bonds. The summed E-state index contributed by atoms with van der Waals surface area (Å²) in [6.45, 7) is 0.932. The van der Waals surface area contributed by atoms with E-state index in [4.69, 9.17) is 11.6 Å². The number of hydrogen-bond donors (Lipinski definition) is 0. The van der Waals surface area contributed by atoms with E-state index in [1.165, 1.54) is 6.07 Å². The van der Waals surface area contributed by atoms with Gasteiger partial charge in [-0.25, -0.2) is 10.1 Å². The van der Waals surface area contributed by atoms with Crippen LogP contribution in [-0.2, 0) is 4.79 Å². The molecule has 8 nitrogen and oxygen atoms in total. The van der Waals surface area contributed by atoms with Gasteiger partial charge >= 0.3 is 5.69 Å². The van der Waals surface area contributed by atoms with E-state index in [1.807, 2.05) is 0 Å². The highest BCUT2D eigenvalue weighted by molar-refractivity contribution is 6.31. The lowest BCUT2D eigenvalue weighted by atomic mass is 10.2. The lowest BCUT2D eigenvalue weighted by Crippen LogP contribution is -2.34. The van der Waals surface area contributed by atoms with Crippen LogP contribution in [0.5, 0.6) is 0 Å². The van der Waals surface area contributed by atoms with E-state index >= 15 is 0 Å². The quantitative estimate of drug-likeness (QED) is 0.607. The molecule has 0 fully saturated rings. The normalized spacial score (nSPS) is 9.76. The molecule has 90 valence electrons. The fourth-order valence-corrected chi connectivity index (χ4v) is 1.36. The fourth-order valence-electron chi connectivity index (χ4n) is 1.19. The van der Waals surface area contributed by atoms with Gasteiger partial charge in [-0.3, -0.25) is 14.9 Å². The number of halogens is 1. The summed E-state index contributed by atoms with van der Waals surface area (Å²) in [6.07, 6.45) is 0. The number of hydrogen-bond acceptors (Lipinski definition) is 5. The molecule has 1 aromatic carbocycles. The minimum Gasteiger partial charge on any atom is -0.269 e. The summed E-state index contributed by atoms with van der Waals surface area (Å²) in [7, 11) is 0. The Morgan fingerprint density at radius 3 is 2.35 bits per heavy atom. The van der Waals surface area contributed by atoms with Gasteiger partial charge in [0, 0.05) is 18.0 Å². The summed E-state index contributed by atoms with van der Waals surface area (Å²) in [4.78, 5) is 31.6. The smallest absolute Gasteiger partial charge is 0.269 e. The van der Waals surface area contributed by atoms with Gasteiger partial charge in [0.15, 0.2) is 10.7 Å². The van der Waals surface area contributed by atoms with Gasteiger partial charge in [-0.15, -0.1) is 0 Å². The average molecular weight is 260 g/mol. The Morgan fingerprint density at radius 2 is 1.94 bits per heavy atom. The maximum Gasteiger partial charge on any atom is 0.300 e. The van der Waals surface area contributed by atoms with Gasteiger partial charge in [0.05, 0.1) is 4.92 Å². The lowest BCUT2D eigenvalue weighted by molar-refractivity contribution is -0.485. The first-order chi connectivity index (χ1) is 7.84. The largest absolute Gasteiger partial charge is 0.300 e. The fraction of sp³-hybridized carbons (Fsp3) is 0.125. The summed E-state index contributed by atoms with van der Waals surface area (Å²) in [5.74, 6) is -0.944. The second kappa shape index (κ2) is 4.74. The van der Waals surface area contributed by atoms with Crippen molar-refractivity contribution in [3.05, 3.63) is 43.5 Å². The van der Waals surface area contributed by atoms with Crippen LogP contribution in [0, 0.1) is 20.2 Å². The molecule has 0 bridgehead atoms. The standard InChI is InChI=1S/C8H6ClN3O5/c1-5(13)10(12(16)17)7-3-2-6(9)4-8(7)11(14)15/h2-4H,1H3. The third kappa shape index (κ3) is 2.67. The first kappa shape index (κ1) is 12.8. The SMILES string of the molecule is CC(=O)N(c1ccc(Cl)cc1[N+](=O)[O-])[N+](=O)[O-]. The number of nitro benzene ring substituents is 1. The molecule has 17 heavy (non-hydrogen) atoms. The summed E-state index contributed by atoms with van der Waals surface area (Å²) >= 11 is 5.55. The number of nitro groups is 2. The van der Waals surface area contributed by atoms with Gasteiger partial charge in [0.2, 0.25) is 0 Å². The number of anilines is 1. The predicted molar refractivity (Wildman–Crippen MR) is 58.3 cm³/mol. The molecule has 0 radical (unpaired) electrons. The molecule has 0 aliphatic carbocycles. The highest BCUT2D eigenvalue weighted by atomic mass is 35.5. The van der Waals surface area contributed by atoms with Crippen LogP contribution in [0.15, 0.2) is 18.2 Å². The first-order valence-electron chi connectivity index (χ1n) is 4.23. The van der Waals surface area contributed by atoms with E-state index in [0.717, 1.165) is 19.1 Å². The van der Waals surface area contributed by atoms with Crippen molar-refractivity contribution in [3.63, 3.8) is 0 Å². The molecule has 0 spiro atoms. The van der Waals surface area contributed by atoms with E-state index in [1.54, 1.807) is 0 Å². The molecule has 0 aliphatic heterocycles. The first-order valence-corrected chi connectivity index (χ1v) is 4.61. The van der Waals surface area contributed by atoms with Crippen molar-refractivity contribution in [2.45, 2.75) is 6.92 Å². The average Bonchev–Trinajstić information content (AvgIpc) is 2.19. The molecule has 0 atom stereocenters. The summed E-state index contributed by atoms with van der Waals surface area (Å²) in [5, 5.41) is 20.5. The zero-order valence-corrected chi connectivity index (χ0v) is 9.25. The Balaban J connectivity index is 3.43. The second-order valence-corrected chi connectivity index (χ2v) is 3.40. The predicted octanol–water partition coefficient (Wildman–Crippen LogP) is 1.79. The van der Waals surface area contributed by atoms with Gasteiger partial charge in [-0.1, -0.05) is 11.6 Å². The van der Waals surface area contributed by atoms with E-state index in [2.05, 4.69) is 0 Å². The number of carbonyl (C=O) groups is 1. The van der Waals surface area contributed by atoms with E-state index in [0.29, 0.717) is 0 Å². The topological polar surface area (TPSA) is 107 Å². The van der Waals surface area contributed by atoms with Crippen LogP contribution in [0.3, 0.4) is 0 Å². The molecule has 9 heteroatoms. The van der Waals surface area contributed by atoms with Gasteiger partial charge in [-0.2, -0.15) is 0 Å². The highest BCUT2D eigenvalue weighted by Gasteiger charge is 2.30. The third-order valence-corrected chi connectivity index (χ3v) is 2.06. The molecular weight excluding hydrogens is 254 g/mol. The number of rotatable bonds is 3. The van der Waals surface area contributed by atoms with E-state index in [-0.39, 0.29) is 10.0 Å². The number of hydrazine groups is 1. The van der Waals surface area contributed by atoms with Crippen molar-refractivity contribution in [1.29, 1.82) is 0 Å². The van der Waals surface area contributed by atoms with Crippen molar-refractivity contribution in [3.8, 4) is 0 Å². The maximum atomic E-state index is 11.1. The van der Waals surface area contributed by atoms with Crippen LogP contribution in [0.1, 0.15) is 6.92 Å². The molecule has 0 saturated carbocycles. The van der Waals surface area contributed by atoms with Crippen molar-refractivity contribution < 1.29 is 14.8 Å². The van der Waals surface area contributed by atoms with Crippen LogP contribution in [0.25, 0.3) is 0 Å². The summed E-state index contributed by atoms with van der Waals surface area (Å²) < 4.78 is 0. The summed E-state index contributed by atoms with van der Waals surface area (Å²) in [5.41, 5.74) is -1.04. The number of nitrogens with zero attached hydrogens (tertiary/aromatic N) is 3. The second-order valence-electron chi connectivity index (χ2n) is 2.96. The molecule has 1 rings (SSSR count). The van der Waals surface area contributed by atoms with Crippen molar-refractivity contribution >= 4 is 28.9 Å². The van der Waals surface area contributed by atoms with Crippen molar-refractivity contribution in [2.24, 2.45) is 0 Å². The molecule has 0 aromatic heterocycles. The molecule has 1 aromatic rings. The minimum atomic E-state index is -1.03. The zero-order valence-electron chi connectivity index (χ0n) is 8.49. The number of amides is 1. The monoisotopic (exact) mass is 259 g/mol. The van der Waals surface area contributed by atoms with Gasteiger partial charge in [-0.05, 0) is 17.1 Å². The molecular formula is C8H6ClN3O5. The maximum absolute atomic E-state index is 11.1. The van der Waals surface area contributed by atoms with Gasteiger partial charge in [0.25, 0.3) is 5.91 Å². The lowest BCUT2D eigenvalue weighted by Gasteiger charge is -2.10. The number of benzene rings is 1. The van der Waals surface area contributed by atoms with Crippen LogP contribution >= 0.6 is 11.6 Å². The van der Waals surface area contributed by atoms with Crippen LogP contribution in [0.2, 0.25) is 5.02 Å². The molecule has 0 heterocycles. The zero-order chi connectivity index (χ0) is 13.2. The third-order valence-electron chi connectivity index (χ3n) is 1.82. The van der Waals surface area contributed by atoms with Crippen LogP contribution in [0.4, 0.5) is 11.4 Å². The molecule has 0 N–H and O–H groups in total. The van der Waals surface area contributed by atoms with E-state index in [9.17, 15) is 25.0 Å². The molecule has 0 aliphatic rings. The molecule has 0 saturated heterocycles. The van der Waals surface area contributed by atoms with Gasteiger partial charge < -0.3 is 0 Å². The Kier molecular flexibility index (Phi) is 3.59. The van der Waals surface area contributed by atoms with Crippen LogP contribution in [-0.4, -0.2) is 15.9 Å². The van der Waals surface area contributed by atoms with Crippen molar-refractivity contribution in [1.82, 2.24) is 0 Å². The Morgan fingerprint density at radius 1 is 1.35 bits per heavy atom. The van der Waals surface area contributed by atoms with E-state index < -0.39 is 27.2 Å². The number of carbonyl (C=O) groups excluding carboxylic acids is 1. The highest BCUT2D eigenvalue weighted by Crippen LogP contribution is 2.31.